The fourth-order valence-corrected chi connectivity index (χ4v) is 4.30. The normalized spacial score (nSPS) is 24.3. The molecule has 1 fully saturated rings. The molecule has 0 radical (unpaired) electrons. The van der Waals surface area contributed by atoms with Crippen LogP contribution in [0.5, 0.6) is 11.5 Å². The lowest BCUT2D eigenvalue weighted by molar-refractivity contribution is -0.122. The van der Waals surface area contributed by atoms with E-state index in [1.54, 1.807) is 0 Å². The molecule has 5 nitrogen and oxygen atoms in total. The molecule has 0 aliphatic carbocycles. The van der Waals surface area contributed by atoms with Crippen LogP contribution in [0.2, 0.25) is 5.02 Å². The van der Waals surface area contributed by atoms with Gasteiger partial charge in [-0.25, -0.2) is 0 Å². The Kier molecular flexibility index (Phi) is 7.16. The third kappa shape index (κ3) is 5.27. The number of halogens is 1. The average molecular weight is 433 g/mol. The summed E-state index contributed by atoms with van der Waals surface area (Å²) in [6, 6.07) is 12.0. The minimum atomic E-state index is -0.420. The first-order valence-corrected chi connectivity index (χ1v) is 11.1. The summed E-state index contributed by atoms with van der Waals surface area (Å²) in [5, 5.41) is 11.1. The summed E-state index contributed by atoms with van der Waals surface area (Å²) in [5.41, 5.74) is 3.11. The summed E-state index contributed by atoms with van der Waals surface area (Å²) in [6.45, 7) is 4.28. The molecule has 0 spiro atoms. The van der Waals surface area contributed by atoms with Crippen LogP contribution in [0.15, 0.2) is 36.4 Å². The Balaban J connectivity index is 1.63. The van der Waals surface area contributed by atoms with Gasteiger partial charge in [-0.3, -0.25) is 0 Å². The highest BCUT2D eigenvalue weighted by atomic mass is 35.5. The highest BCUT2D eigenvalue weighted by molar-refractivity contribution is 6.31. The first-order chi connectivity index (χ1) is 14.6. The Morgan fingerprint density at radius 3 is 2.77 bits per heavy atom. The SMILES string of the molecule is CCOc1ccc(Cc2cc3c(cc2Cl)OCCCOCC2CC(O)CC3O2)cc1. The lowest BCUT2D eigenvalue weighted by Crippen LogP contribution is -2.34. The van der Waals surface area contributed by atoms with Gasteiger partial charge in [0.1, 0.15) is 11.5 Å². The largest absolute Gasteiger partial charge is 0.494 e. The predicted molar refractivity (Wildman–Crippen MR) is 116 cm³/mol. The first kappa shape index (κ1) is 21.4. The van der Waals surface area contributed by atoms with Crippen molar-refractivity contribution in [1.82, 2.24) is 0 Å². The molecule has 0 aromatic heterocycles. The number of hydrogen-bond donors (Lipinski definition) is 1. The molecular weight excluding hydrogens is 404 g/mol. The molecule has 162 valence electrons. The maximum Gasteiger partial charge on any atom is 0.126 e. The van der Waals surface area contributed by atoms with E-state index in [9.17, 15) is 5.11 Å². The molecular formula is C24H29ClO5. The fraction of sp³-hybridized carbons (Fsp3) is 0.500. The highest BCUT2D eigenvalue weighted by Crippen LogP contribution is 2.40. The second kappa shape index (κ2) is 10.0. The molecule has 2 bridgehead atoms. The van der Waals surface area contributed by atoms with Crippen LogP contribution in [0.3, 0.4) is 0 Å². The molecule has 3 unspecified atom stereocenters. The molecule has 4 rings (SSSR count). The molecule has 1 saturated heterocycles. The van der Waals surface area contributed by atoms with Crippen molar-refractivity contribution in [2.45, 2.75) is 50.9 Å². The molecule has 2 heterocycles. The van der Waals surface area contributed by atoms with E-state index >= 15 is 0 Å². The smallest absolute Gasteiger partial charge is 0.126 e. The van der Waals surface area contributed by atoms with Gasteiger partial charge in [-0.05, 0) is 48.7 Å². The molecule has 2 aromatic carbocycles. The summed E-state index contributed by atoms with van der Waals surface area (Å²) in [4.78, 5) is 0. The van der Waals surface area contributed by atoms with E-state index in [1.165, 1.54) is 0 Å². The number of rotatable bonds is 4. The number of hydrogen-bond acceptors (Lipinski definition) is 5. The number of ether oxygens (including phenoxy) is 4. The number of fused-ring (bicyclic) bond motifs is 4. The Bertz CT molecular complexity index is 838. The first-order valence-electron chi connectivity index (χ1n) is 10.7. The van der Waals surface area contributed by atoms with Crippen molar-refractivity contribution in [2.24, 2.45) is 0 Å². The van der Waals surface area contributed by atoms with E-state index in [0.717, 1.165) is 34.6 Å². The summed E-state index contributed by atoms with van der Waals surface area (Å²) in [7, 11) is 0. The second-order valence-electron chi connectivity index (χ2n) is 7.88. The maximum atomic E-state index is 10.4. The number of aliphatic hydroxyl groups is 1. The summed E-state index contributed by atoms with van der Waals surface area (Å²) in [5.74, 6) is 1.59. The van der Waals surface area contributed by atoms with Gasteiger partial charge in [-0.2, -0.15) is 0 Å². The fourth-order valence-electron chi connectivity index (χ4n) is 4.08. The molecule has 1 N–H and O–H groups in total. The van der Waals surface area contributed by atoms with E-state index < -0.39 is 6.10 Å². The zero-order valence-corrected chi connectivity index (χ0v) is 18.1. The lowest BCUT2D eigenvalue weighted by Gasteiger charge is -2.34. The number of aliphatic hydroxyl groups excluding tert-OH is 1. The summed E-state index contributed by atoms with van der Waals surface area (Å²) < 4.78 is 23.5. The van der Waals surface area contributed by atoms with Gasteiger partial charge in [-0.1, -0.05) is 23.7 Å². The standard InChI is InChI=1S/C24H29ClO5/c1-2-28-19-6-4-16(5-7-19)10-17-11-21-23(14-22(17)25)29-9-3-8-27-15-20-12-18(26)13-24(21)30-20/h4-7,11,14,18,20,24,26H,2-3,8-10,12-13,15H2,1H3. The molecule has 6 heteroatoms. The maximum absolute atomic E-state index is 10.4. The van der Waals surface area contributed by atoms with Crippen LogP contribution in [-0.2, 0) is 15.9 Å². The van der Waals surface area contributed by atoms with Crippen molar-refractivity contribution in [2.75, 3.05) is 26.4 Å². The van der Waals surface area contributed by atoms with E-state index in [2.05, 4.69) is 18.2 Å². The van der Waals surface area contributed by atoms with E-state index in [4.69, 9.17) is 30.5 Å². The third-order valence-electron chi connectivity index (χ3n) is 5.53. The Hall–Kier alpha value is -1.79. The molecule has 0 amide bonds. The third-order valence-corrected chi connectivity index (χ3v) is 5.88. The van der Waals surface area contributed by atoms with Crippen LogP contribution >= 0.6 is 11.6 Å². The van der Waals surface area contributed by atoms with Crippen LogP contribution < -0.4 is 9.47 Å². The topological polar surface area (TPSA) is 57.2 Å². The van der Waals surface area contributed by atoms with E-state index in [1.807, 2.05) is 25.1 Å². The van der Waals surface area contributed by atoms with Gasteiger partial charge >= 0.3 is 0 Å². The molecule has 2 aliphatic rings. The van der Waals surface area contributed by atoms with Gasteiger partial charge in [0.25, 0.3) is 0 Å². The zero-order chi connectivity index (χ0) is 20.9. The van der Waals surface area contributed by atoms with Crippen LogP contribution in [0, 0.1) is 0 Å². The molecule has 2 aliphatic heterocycles. The highest BCUT2D eigenvalue weighted by Gasteiger charge is 2.32. The average Bonchev–Trinajstić information content (AvgIpc) is 2.75. The predicted octanol–water partition coefficient (Wildman–Crippen LogP) is 4.71. The van der Waals surface area contributed by atoms with E-state index in [-0.39, 0.29) is 12.2 Å². The van der Waals surface area contributed by atoms with Crippen LogP contribution in [0.4, 0.5) is 0 Å². The van der Waals surface area contributed by atoms with Gasteiger partial charge < -0.3 is 24.1 Å². The molecule has 0 saturated carbocycles. The Labute approximate surface area is 182 Å². The van der Waals surface area contributed by atoms with Crippen molar-refractivity contribution < 1.29 is 24.1 Å². The van der Waals surface area contributed by atoms with Gasteiger partial charge in [0.15, 0.2) is 0 Å². The van der Waals surface area contributed by atoms with Crippen molar-refractivity contribution in [3.63, 3.8) is 0 Å². The van der Waals surface area contributed by atoms with E-state index in [0.29, 0.717) is 50.7 Å². The summed E-state index contributed by atoms with van der Waals surface area (Å²) >= 11 is 6.63. The van der Waals surface area contributed by atoms with Crippen LogP contribution in [0.25, 0.3) is 0 Å². The quantitative estimate of drug-likeness (QED) is 0.758. The molecule has 30 heavy (non-hydrogen) atoms. The van der Waals surface area contributed by atoms with Crippen molar-refractivity contribution in [1.29, 1.82) is 0 Å². The second-order valence-corrected chi connectivity index (χ2v) is 8.29. The van der Waals surface area contributed by atoms with Crippen molar-refractivity contribution in [3.05, 3.63) is 58.1 Å². The molecule has 2 aromatic rings. The Morgan fingerprint density at radius 1 is 1.13 bits per heavy atom. The Morgan fingerprint density at radius 2 is 1.97 bits per heavy atom. The van der Waals surface area contributed by atoms with Gasteiger partial charge in [-0.15, -0.1) is 0 Å². The molecule has 3 atom stereocenters. The number of benzene rings is 2. The summed E-state index contributed by atoms with van der Waals surface area (Å²) in [6.07, 6.45) is 1.85. The monoisotopic (exact) mass is 432 g/mol. The lowest BCUT2D eigenvalue weighted by atomic mass is 9.93. The van der Waals surface area contributed by atoms with Crippen molar-refractivity contribution in [3.8, 4) is 11.5 Å². The van der Waals surface area contributed by atoms with Crippen molar-refractivity contribution >= 4 is 11.6 Å². The van der Waals surface area contributed by atoms with Crippen LogP contribution in [-0.4, -0.2) is 43.7 Å². The van der Waals surface area contributed by atoms with Gasteiger partial charge in [0, 0.05) is 36.5 Å². The minimum Gasteiger partial charge on any atom is -0.494 e. The zero-order valence-electron chi connectivity index (χ0n) is 17.3. The van der Waals surface area contributed by atoms with Gasteiger partial charge in [0.05, 0.1) is 38.1 Å². The minimum absolute atomic E-state index is 0.116. The van der Waals surface area contributed by atoms with Crippen LogP contribution in [0.1, 0.15) is 49.0 Å². The van der Waals surface area contributed by atoms with Gasteiger partial charge in [0.2, 0.25) is 0 Å².